The first-order chi connectivity index (χ1) is 7.25. The number of aromatic nitrogens is 1. The molecule has 2 heterocycles. The fourth-order valence-corrected chi connectivity index (χ4v) is 3.47. The van der Waals surface area contributed by atoms with Gasteiger partial charge in [0.1, 0.15) is 0 Å². The molecule has 0 aromatic carbocycles. The van der Waals surface area contributed by atoms with E-state index in [1.807, 2.05) is 18.3 Å². The Bertz CT molecular complexity index is 427. The molecule has 1 unspecified atom stereocenters. The zero-order valence-corrected chi connectivity index (χ0v) is 11.8. The van der Waals surface area contributed by atoms with E-state index in [9.17, 15) is 0 Å². The van der Waals surface area contributed by atoms with Crippen molar-refractivity contribution in [1.29, 1.82) is 0 Å². The van der Waals surface area contributed by atoms with E-state index in [2.05, 4.69) is 55.0 Å². The maximum Gasteiger partial charge on any atom is 0.0701 e. The van der Waals surface area contributed by atoms with Crippen molar-refractivity contribution in [1.82, 2.24) is 4.98 Å². The predicted octanol–water partition coefficient (Wildman–Crippen LogP) is 4.58. The monoisotopic (exact) mass is 345 g/mol. The number of alkyl halides is 1. The first kappa shape index (κ1) is 11.3. The van der Waals surface area contributed by atoms with Gasteiger partial charge in [-0.05, 0) is 40.2 Å². The van der Waals surface area contributed by atoms with Crippen LogP contribution < -0.4 is 0 Å². The van der Waals surface area contributed by atoms with Gasteiger partial charge in [0, 0.05) is 23.2 Å². The quantitative estimate of drug-likeness (QED) is 0.741. The average molecular weight is 347 g/mol. The first-order valence-electron chi connectivity index (χ1n) is 4.55. The molecule has 1 nitrogen and oxygen atoms in total. The van der Waals surface area contributed by atoms with E-state index in [0.717, 1.165) is 12.1 Å². The molecule has 2 aromatic heterocycles. The Kier molecular flexibility index (Phi) is 3.94. The van der Waals surface area contributed by atoms with Gasteiger partial charge in [0.2, 0.25) is 0 Å². The number of rotatable bonds is 3. The van der Waals surface area contributed by atoms with Crippen LogP contribution in [0.15, 0.2) is 40.3 Å². The fourth-order valence-electron chi connectivity index (χ4n) is 1.30. The minimum absolute atomic E-state index is 0.351. The zero-order valence-electron chi connectivity index (χ0n) is 7.86. The van der Waals surface area contributed by atoms with E-state index in [-0.39, 0.29) is 0 Å². The smallest absolute Gasteiger partial charge is 0.0701 e. The maximum absolute atomic E-state index is 4.31. The van der Waals surface area contributed by atoms with Crippen LogP contribution in [-0.4, -0.2) is 4.98 Å². The van der Waals surface area contributed by atoms with E-state index >= 15 is 0 Å². The van der Waals surface area contributed by atoms with Gasteiger partial charge < -0.3 is 0 Å². The summed E-state index contributed by atoms with van der Waals surface area (Å²) < 4.78 is 1.17. The SMILES string of the molecule is Brc1ccc(C(Br)Cc2ccccn2)s1. The molecule has 0 N–H and O–H groups in total. The average Bonchev–Trinajstić information content (AvgIpc) is 2.66. The molecule has 2 rings (SSSR count). The topological polar surface area (TPSA) is 12.9 Å². The minimum atomic E-state index is 0.351. The Balaban J connectivity index is 2.07. The Morgan fingerprint density at radius 3 is 2.73 bits per heavy atom. The first-order valence-corrected chi connectivity index (χ1v) is 7.07. The van der Waals surface area contributed by atoms with Crippen LogP contribution in [0.4, 0.5) is 0 Å². The highest BCUT2D eigenvalue weighted by molar-refractivity contribution is 9.11. The lowest BCUT2D eigenvalue weighted by molar-refractivity contribution is 0.920. The highest BCUT2D eigenvalue weighted by Crippen LogP contribution is 2.34. The normalized spacial score (nSPS) is 12.7. The highest BCUT2D eigenvalue weighted by atomic mass is 79.9. The summed E-state index contributed by atoms with van der Waals surface area (Å²) in [5.41, 5.74) is 1.11. The van der Waals surface area contributed by atoms with Crippen molar-refractivity contribution in [3.8, 4) is 0 Å². The lowest BCUT2D eigenvalue weighted by atomic mass is 10.2. The van der Waals surface area contributed by atoms with Crippen LogP contribution in [0.5, 0.6) is 0 Å². The lowest BCUT2D eigenvalue weighted by Crippen LogP contribution is -1.94. The van der Waals surface area contributed by atoms with Crippen LogP contribution >= 0.6 is 43.2 Å². The van der Waals surface area contributed by atoms with E-state index < -0.39 is 0 Å². The predicted molar refractivity (Wildman–Crippen MR) is 71.6 cm³/mol. The molecular weight excluding hydrogens is 338 g/mol. The van der Waals surface area contributed by atoms with Gasteiger partial charge in [-0.1, -0.05) is 22.0 Å². The summed E-state index contributed by atoms with van der Waals surface area (Å²) in [5.74, 6) is 0. The van der Waals surface area contributed by atoms with Crippen molar-refractivity contribution in [3.05, 3.63) is 50.9 Å². The van der Waals surface area contributed by atoms with Crippen molar-refractivity contribution in [2.75, 3.05) is 0 Å². The number of hydrogen-bond donors (Lipinski definition) is 0. The molecule has 0 saturated heterocycles. The number of halogens is 2. The number of nitrogens with zero attached hydrogens (tertiary/aromatic N) is 1. The molecule has 1 atom stereocenters. The van der Waals surface area contributed by atoms with Gasteiger partial charge in [0.05, 0.1) is 8.61 Å². The van der Waals surface area contributed by atoms with Gasteiger partial charge in [-0.2, -0.15) is 0 Å². The second-order valence-electron chi connectivity index (χ2n) is 3.13. The molecule has 0 spiro atoms. The highest BCUT2D eigenvalue weighted by Gasteiger charge is 2.11. The van der Waals surface area contributed by atoms with E-state index in [0.29, 0.717) is 4.83 Å². The van der Waals surface area contributed by atoms with E-state index in [1.54, 1.807) is 11.3 Å². The number of hydrogen-bond acceptors (Lipinski definition) is 2. The van der Waals surface area contributed by atoms with E-state index in [4.69, 9.17) is 0 Å². The van der Waals surface area contributed by atoms with Crippen LogP contribution in [0.3, 0.4) is 0 Å². The summed E-state index contributed by atoms with van der Waals surface area (Å²) in [4.78, 5) is 5.99. The third-order valence-corrected chi connectivity index (χ3v) is 4.87. The van der Waals surface area contributed by atoms with Crippen LogP contribution in [0.1, 0.15) is 15.4 Å². The molecule has 4 heteroatoms. The van der Waals surface area contributed by atoms with Crippen molar-refractivity contribution < 1.29 is 0 Å². The third kappa shape index (κ3) is 3.13. The molecule has 0 aliphatic heterocycles. The van der Waals surface area contributed by atoms with Gasteiger partial charge in [0.25, 0.3) is 0 Å². The summed E-state index contributed by atoms with van der Waals surface area (Å²) in [6.07, 6.45) is 2.76. The van der Waals surface area contributed by atoms with Crippen LogP contribution in [0, 0.1) is 0 Å². The van der Waals surface area contributed by atoms with Crippen molar-refractivity contribution in [2.24, 2.45) is 0 Å². The van der Waals surface area contributed by atoms with Crippen LogP contribution in [-0.2, 0) is 6.42 Å². The molecule has 78 valence electrons. The maximum atomic E-state index is 4.31. The van der Waals surface area contributed by atoms with Crippen molar-refractivity contribution in [2.45, 2.75) is 11.2 Å². The van der Waals surface area contributed by atoms with Crippen molar-refractivity contribution >= 4 is 43.2 Å². The second kappa shape index (κ2) is 5.23. The van der Waals surface area contributed by atoms with Gasteiger partial charge in [-0.3, -0.25) is 4.98 Å². The molecule has 0 bridgehead atoms. The largest absolute Gasteiger partial charge is 0.261 e. The minimum Gasteiger partial charge on any atom is -0.261 e. The third-order valence-electron chi connectivity index (χ3n) is 2.02. The fraction of sp³-hybridized carbons (Fsp3) is 0.182. The van der Waals surface area contributed by atoms with Gasteiger partial charge in [-0.15, -0.1) is 11.3 Å². The molecule has 0 saturated carbocycles. The summed E-state index contributed by atoms with van der Waals surface area (Å²) in [5, 5.41) is 0. The Labute approximate surface area is 110 Å². The molecule has 0 fully saturated rings. The zero-order chi connectivity index (χ0) is 10.7. The Morgan fingerprint density at radius 2 is 2.13 bits per heavy atom. The van der Waals surface area contributed by atoms with Gasteiger partial charge >= 0.3 is 0 Å². The summed E-state index contributed by atoms with van der Waals surface area (Å²) in [7, 11) is 0. The van der Waals surface area contributed by atoms with Gasteiger partial charge in [0.15, 0.2) is 0 Å². The summed E-state index contributed by atoms with van der Waals surface area (Å²) in [6.45, 7) is 0. The van der Waals surface area contributed by atoms with Gasteiger partial charge in [-0.25, -0.2) is 0 Å². The number of thiophene rings is 1. The Morgan fingerprint density at radius 1 is 1.27 bits per heavy atom. The van der Waals surface area contributed by atoms with Crippen molar-refractivity contribution in [3.63, 3.8) is 0 Å². The number of pyridine rings is 1. The summed E-state index contributed by atoms with van der Waals surface area (Å²) in [6, 6.07) is 10.2. The molecule has 15 heavy (non-hydrogen) atoms. The molecule has 0 aliphatic carbocycles. The van der Waals surface area contributed by atoms with Crippen LogP contribution in [0.2, 0.25) is 0 Å². The molecule has 0 radical (unpaired) electrons. The molecule has 0 amide bonds. The molecule has 2 aromatic rings. The summed E-state index contributed by atoms with van der Waals surface area (Å²) >= 11 is 8.91. The molecular formula is C11H9Br2NS. The second-order valence-corrected chi connectivity index (χ2v) is 6.73. The Hall–Kier alpha value is -0.190. The van der Waals surface area contributed by atoms with E-state index in [1.165, 1.54) is 8.66 Å². The lowest BCUT2D eigenvalue weighted by Gasteiger charge is -2.06. The van der Waals surface area contributed by atoms with Crippen LogP contribution in [0.25, 0.3) is 0 Å². The molecule has 0 aliphatic rings. The standard InChI is InChI=1S/C11H9Br2NS/c12-9(10-4-5-11(13)15-10)7-8-3-1-2-6-14-8/h1-6,9H,7H2.